The van der Waals surface area contributed by atoms with Crippen LogP contribution in [0.4, 0.5) is 5.69 Å². The predicted molar refractivity (Wildman–Crippen MR) is 90.1 cm³/mol. The van der Waals surface area contributed by atoms with Crippen LogP contribution >= 0.6 is 11.8 Å². The van der Waals surface area contributed by atoms with Gasteiger partial charge in [-0.25, -0.2) is 0 Å². The van der Waals surface area contributed by atoms with Gasteiger partial charge in [-0.3, -0.25) is 4.79 Å². The molecule has 1 aromatic carbocycles. The molecule has 6 nitrogen and oxygen atoms in total. The maximum atomic E-state index is 12.3. The molecule has 118 valence electrons. The minimum absolute atomic E-state index is 0.134. The lowest BCUT2D eigenvalue weighted by atomic mass is 10.2. The Morgan fingerprint density at radius 1 is 1.48 bits per heavy atom. The number of allylic oxidation sites excluding steroid dienone is 1. The largest absolute Gasteiger partial charge is 0.325 e. The van der Waals surface area contributed by atoms with Gasteiger partial charge in [-0.05, 0) is 38.1 Å². The molecule has 1 atom stereocenters. The molecule has 1 aromatic heterocycles. The molecular formula is C16H17N5OS. The fourth-order valence-corrected chi connectivity index (χ4v) is 2.78. The Morgan fingerprint density at radius 3 is 2.78 bits per heavy atom. The van der Waals surface area contributed by atoms with E-state index in [4.69, 9.17) is 5.26 Å². The second-order valence-electron chi connectivity index (χ2n) is 4.87. The average Bonchev–Trinajstić information content (AvgIpc) is 2.89. The number of nitrogens with zero attached hydrogens (tertiary/aromatic N) is 4. The number of benzene rings is 1. The molecule has 0 radical (unpaired) electrons. The van der Waals surface area contributed by atoms with Gasteiger partial charge in [0, 0.05) is 12.2 Å². The van der Waals surface area contributed by atoms with E-state index in [0.29, 0.717) is 23.0 Å². The van der Waals surface area contributed by atoms with Gasteiger partial charge in [0.05, 0.1) is 16.9 Å². The van der Waals surface area contributed by atoms with E-state index in [1.807, 2.05) is 24.5 Å². The van der Waals surface area contributed by atoms with Gasteiger partial charge in [-0.1, -0.05) is 17.8 Å². The molecule has 0 aliphatic carbocycles. The van der Waals surface area contributed by atoms with Crippen molar-refractivity contribution in [2.75, 3.05) is 5.32 Å². The summed E-state index contributed by atoms with van der Waals surface area (Å²) in [7, 11) is 0. The minimum atomic E-state index is -0.335. The number of carbonyl (C=O) groups is 1. The molecule has 1 heterocycles. The van der Waals surface area contributed by atoms with E-state index >= 15 is 0 Å². The van der Waals surface area contributed by atoms with E-state index in [2.05, 4.69) is 22.1 Å². The first-order valence-electron chi connectivity index (χ1n) is 7.03. The van der Waals surface area contributed by atoms with E-state index < -0.39 is 0 Å². The Hall–Kier alpha value is -2.59. The third-order valence-corrected chi connectivity index (χ3v) is 4.23. The number of nitriles is 1. The van der Waals surface area contributed by atoms with E-state index in [1.54, 1.807) is 30.3 Å². The number of rotatable bonds is 6. The monoisotopic (exact) mass is 327 g/mol. The van der Waals surface area contributed by atoms with Gasteiger partial charge in [-0.2, -0.15) is 5.26 Å². The highest BCUT2D eigenvalue weighted by molar-refractivity contribution is 8.00. The summed E-state index contributed by atoms with van der Waals surface area (Å²) in [6, 6.07) is 8.78. The SMILES string of the molecule is C=CCn1c(C)nnc1S[C@H](C)C(=O)Nc1ccc(C#N)cc1. The highest BCUT2D eigenvalue weighted by Gasteiger charge is 2.19. The summed E-state index contributed by atoms with van der Waals surface area (Å²) >= 11 is 1.34. The highest BCUT2D eigenvalue weighted by atomic mass is 32.2. The molecule has 2 aromatic rings. The lowest BCUT2D eigenvalue weighted by Gasteiger charge is -2.12. The Morgan fingerprint density at radius 2 is 2.17 bits per heavy atom. The normalized spacial score (nSPS) is 11.5. The maximum absolute atomic E-state index is 12.3. The Kier molecular flexibility index (Phi) is 5.55. The number of aromatic nitrogens is 3. The molecule has 0 fully saturated rings. The van der Waals surface area contributed by atoms with E-state index in [-0.39, 0.29) is 11.2 Å². The van der Waals surface area contributed by atoms with Gasteiger partial charge in [-0.15, -0.1) is 16.8 Å². The maximum Gasteiger partial charge on any atom is 0.237 e. The lowest BCUT2D eigenvalue weighted by molar-refractivity contribution is -0.115. The van der Waals surface area contributed by atoms with Gasteiger partial charge >= 0.3 is 0 Å². The van der Waals surface area contributed by atoms with Crippen molar-refractivity contribution in [2.24, 2.45) is 0 Å². The zero-order chi connectivity index (χ0) is 16.8. The first kappa shape index (κ1) is 16.8. The molecule has 0 unspecified atom stereocenters. The fourth-order valence-electron chi connectivity index (χ4n) is 1.87. The molecular weight excluding hydrogens is 310 g/mol. The molecule has 2 rings (SSSR count). The van der Waals surface area contributed by atoms with Crippen molar-refractivity contribution in [2.45, 2.75) is 30.8 Å². The Labute approximate surface area is 139 Å². The molecule has 0 saturated heterocycles. The molecule has 7 heteroatoms. The number of aryl methyl sites for hydroxylation is 1. The van der Waals surface area contributed by atoms with Crippen LogP contribution in [0.15, 0.2) is 42.1 Å². The van der Waals surface area contributed by atoms with Crippen LogP contribution in [-0.4, -0.2) is 25.9 Å². The summed E-state index contributed by atoms with van der Waals surface area (Å²) in [5.74, 6) is 0.651. The molecule has 23 heavy (non-hydrogen) atoms. The number of hydrogen-bond acceptors (Lipinski definition) is 5. The molecule has 0 saturated carbocycles. The number of hydrogen-bond donors (Lipinski definition) is 1. The van der Waals surface area contributed by atoms with Gasteiger partial charge in [0.1, 0.15) is 5.82 Å². The topological polar surface area (TPSA) is 83.6 Å². The van der Waals surface area contributed by atoms with Crippen molar-refractivity contribution < 1.29 is 4.79 Å². The molecule has 1 N–H and O–H groups in total. The van der Waals surface area contributed by atoms with E-state index in [0.717, 1.165) is 5.82 Å². The van der Waals surface area contributed by atoms with Gasteiger partial charge in [0.15, 0.2) is 5.16 Å². The number of amides is 1. The van der Waals surface area contributed by atoms with Crippen LogP contribution in [-0.2, 0) is 11.3 Å². The fraction of sp³-hybridized carbons (Fsp3) is 0.250. The first-order valence-corrected chi connectivity index (χ1v) is 7.91. The molecule has 1 amide bonds. The lowest BCUT2D eigenvalue weighted by Crippen LogP contribution is -2.23. The van der Waals surface area contributed by atoms with Crippen molar-refractivity contribution in [3.8, 4) is 6.07 Å². The Balaban J connectivity index is 2.02. The third-order valence-electron chi connectivity index (χ3n) is 3.15. The zero-order valence-corrected chi connectivity index (χ0v) is 13.8. The first-order chi connectivity index (χ1) is 11.0. The summed E-state index contributed by atoms with van der Waals surface area (Å²) < 4.78 is 1.91. The van der Waals surface area contributed by atoms with E-state index in [1.165, 1.54) is 11.8 Å². The van der Waals surface area contributed by atoms with Crippen LogP contribution in [0.1, 0.15) is 18.3 Å². The van der Waals surface area contributed by atoms with Gasteiger partial charge in [0.25, 0.3) is 0 Å². The highest BCUT2D eigenvalue weighted by Crippen LogP contribution is 2.23. The summed E-state index contributed by atoms with van der Waals surface area (Å²) in [6.45, 7) is 7.99. The van der Waals surface area contributed by atoms with Gasteiger partial charge < -0.3 is 9.88 Å². The number of carbonyl (C=O) groups excluding carboxylic acids is 1. The molecule has 0 aliphatic heterocycles. The standard InChI is InChI=1S/C16H17N5OS/c1-4-9-21-12(3)19-20-16(21)23-11(2)15(22)18-14-7-5-13(10-17)6-8-14/h4-8,11H,1,9H2,2-3H3,(H,18,22)/t11-/m1/s1. The third kappa shape index (κ3) is 4.20. The van der Waals surface area contributed by atoms with E-state index in [9.17, 15) is 4.79 Å². The second kappa shape index (κ2) is 7.61. The van der Waals surface area contributed by atoms with Crippen molar-refractivity contribution >= 4 is 23.4 Å². The molecule has 0 aliphatic rings. The smallest absolute Gasteiger partial charge is 0.237 e. The van der Waals surface area contributed by atoms with Crippen molar-refractivity contribution in [3.05, 3.63) is 48.3 Å². The summed E-state index contributed by atoms with van der Waals surface area (Å²) in [6.07, 6.45) is 1.77. The minimum Gasteiger partial charge on any atom is -0.325 e. The number of anilines is 1. The summed E-state index contributed by atoms with van der Waals surface area (Å²) in [4.78, 5) is 12.3. The van der Waals surface area contributed by atoms with Crippen LogP contribution in [0, 0.1) is 18.3 Å². The van der Waals surface area contributed by atoms with Crippen LogP contribution < -0.4 is 5.32 Å². The number of nitrogens with one attached hydrogen (secondary N) is 1. The summed E-state index contributed by atoms with van der Waals surface area (Å²) in [5, 5.41) is 20.1. The quantitative estimate of drug-likeness (QED) is 0.651. The predicted octanol–water partition coefficient (Wildman–Crippen LogP) is 2.76. The van der Waals surface area contributed by atoms with Crippen molar-refractivity contribution in [1.82, 2.24) is 14.8 Å². The molecule has 0 spiro atoms. The van der Waals surface area contributed by atoms with Crippen LogP contribution in [0.3, 0.4) is 0 Å². The van der Waals surface area contributed by atoms with Crippen LogP contribution in [0.25, 0.3) is 0 Å². The number of thioether (sulfide) groups is 1. The summed E-state index contributed by atoms with van der Waals surface area (Å²) in [5.41, 5.74) is 1.21. The van der Waals surface area contributed by atoms with Crippen molar-refractivity contribution in [3.63, 3.8) is 0 Å². The van der Waals surface area contributed by atoms with Gasteiger partial charge in [0.2, 0.25) is 5.91 Å². The Bertz CT molecular complexity index is 745. The van der Waals surface area contributed by atoms with Crippen molar-refractivity contribution in [1.29, 1.82) is 5.26 Å². The van der Waals surface area contributed by atoms with Crippen LogP contribution in [0.5, 0.6) is 0 Å². The second-order valence-corrected chi connectivity index (χ2v) is 6.18. The average molecular weight is 327 g/mol. The zero-order valence-electron chi connectivity index (χ0n) is 13.0. The van der Waals surface area contributed by atoms with Crippen LogP contribution in [0.2, 0.25) is 0 Å². The molecule has 0 bridgehead atoms.